The van der Waals surface area contributed by atoms with Gasteiger partial charge in [0.05, 0.1) is 16.9 Å². The third kappa shape index (κ3) is 3.30. The van der Waals surface area contributed by atoms with Gasteiger partial charge in [-0.15, -0.1) is 0 Å². The number of halogens is 2. The van der Waals surface area contributed by atoms with E-state index in [2.05, 4.69) is 5.43 Å². The molecular weight excluding hydrogens is 427 g/mol. The first-order chi connectivity index (χ1) is 14.2. The van der Waals surface area contributed by atoms with E-state index in [1.54, 1.807) is 19.1 Å². The molecule has 3 fully saturated rings. The predicted molar refractivity (Wildman–Crippen MR) is 113 cm³/mol. The van der Waals surface area contributed by atoms with Gasteiger partial charge in [-0.1, -0.05) is 41.3 Å². The number of nitrogens with one attached hydrogen (secondary N) is 1. The molecule has 6 nitrogen and oxygen atoms in total. The van der Waals surface area contributed by atoms with Crippen LogP contribution >= 0.6 is 23.2 Å². The number of imide groups is 1. The molecule has 0 spiro atoms. The van der Waals surface area contributed by atoms with Gasteiger partial charge >= 0.3 is 0 Å². The number of ether oxygens (including phenoxy) is 1. The quantitative estimate of drug-likeness (QED) is 0.539. The maximum Gasteiger partial charge on any atom is 0.279 e. The van der Waals surface area contributed by atoms with E-state index in [0.29, 0.717) is 16.5 Å². The summed E-state index contributed by atoms with van der Waals surface area (Å²) in [5.41, 5.74) is 4.97. The number of hydrogen-bond donors (Lipinski definition) is 1. The summed E-state index contributed by atoms with van der Waals surface area (Å²) >= 11 is 12.1. The molecule has 1 aromatic rings. The Labute approximate surface area is 185 Å². The van der Waals surface area contributed by atoms with E-state index in [1.807, 2.05) is 13.8 Å². The lowest BCUT2D eigenvalue weighted by Gasteiger charge is -2.23. The number of carbonyl (C=O) groups excluding carboxylic acids is 3. The third-order valence-corrected chi connectivity index (χ3v) is 7.02. The largest absolute Gasteiger partial charge is 0.479 e. The maximum absolute atomic E-state index is 13.0. The van der Waals surface area contributed by atoms with E-state index >= 15 is 0 Å². The minimum atomic E-state index is -0.924. The second kappa shape index (κ2) is 7.89. The molecule has 0 aromatic heterocycles. The highest BCUT2D eigenvalue weighted by Gasteiger charge is 2.63. The molecule has 5 atom stereocenters. The van der Waals surface area contributed by atoms with Crippen LogP contribution in [0.4, 0.5) is 0 Å². The summed E-state index contributed by atoms with van der Waals surface area (Å²) in [6.07, 6.45) is 1.24. The van der Waals surface area contributed by atoms with E-state index < -0.39 is 12.0 Å². The van der Waals surface area contributed by atoms with Gasteiger partial charge in [-0.3, -0.25) is 19.8 Å². The molecule has 1 heterocycles. The lowest BCUT2D eigenvalue weighted by atomic mass is 9.81. The van der Waals surface area contributed by atoms with Crippen LogP contribution in [0.3, 0.4) is 0 Å². The van der Waals surface area contributed by atoms with Crippen LogP contribution in [0, 0.1) is 23.7 Å². The molecule has 8 heteroatoms. The van der Waals surface area contributed by atoms with Gasteiger partial charge in [-0.05, 0) is 57.1 Å². The number of hydrogen-bond acceptors (Lipinski definition) is 4. The standard InChI is InChI=1S/C22H24Cl2N2O4/c1-4-15(30-16-9-11(23)5-8-14(16)24)20(27)25-26-21(28)18-12-6-7-13(17(12)10(2)3)19(18)22(26)29/h5,8-9,12-13,15,18-19H,4,6-7H2,1-3H3,(H,25,27)/t12-,13+,15-,18-,19+/m1/s1. The number of fused-ring (bicyclic) bond motifs is 5. The number of benzene rings is 1. The second-order valence-electron chi connectivity index (χ2n) is 8.37. The lowest BCUT2D eigenvalue weighted by molar-refractivity contribution is -0.151. The highest BCUT2D eigenvalue weighted by Crippen LogP contribution is 2.59. The Morgan fingerprint density at radius 2 is 1.77 bits per heavy atom. The van der Waals surface area contributed by atoms with Crippen LogP contribution in [0.15, 0.2) is 29.3 Å². The smallest absolute Gasteiger partial charge is 0.279 e. The fourth-order valence-electron chi connectivity index (χ4n) is 5.33. The minimum Gasteiger partial charge on any atom is -0.479 e. The summed E-state index contributed by atoms with van der Waals surface area (Å²) in [5.74, 6) is -1.47. The zero-order valence-corrected chi connectivity index (χ0v) is 18.6. The zero-order chi connectivity index (χ0) is 21.7. The van der Waals surface area contributed by atoms with Crippen LogP contribution in [-0.2, 0) is 14.4 Å². The molecule has 160 valence electrons. The molecule has 4 rings (SSSR count). The Bertz CT molecular complexity index is 924. The molecular formula is C22H24Cl2N2O4. The number of allylic oxidation sites excluding steroid dienone is 2. The fourth-order valence-corrected chi connectivity index (χ4v) is 5.65. The van der Waals surface area contributed by atoms with Gasteiger partial charge in [0.15, 0.2) is 6.10 Å². The summed E-state index contributed by atoms with van der Waals surface area (Å²) < 4.78 is 5.73. The minimum absolute atomic E-state index is 0.104. The lowest BCUT2D eigenvalue weighted by Crippen LogP contribution is -2.51. The van der Waals surface area contributed by atoms with Gasteiger partial charge in [0.2, 0.25) is 0 Å². The summed E-state index contributed by atoms with van der Waals surface area (Å²) in [7, 11) is 0. The number of nitrogens with zero attached hydrogens (tertiary/aromatic N) is 1. The van der Waals surface area contributed by atoms with Gasteiger partial charge < -0.3 is 4.74 Å². The summed E-state index contributed by atoms with van der Waals surface area (Å²) in [6, 6.07) is 4.72. The van der Waals surface area contributed by atoms with Crippen molar-refractivity contribution in [1.82, 2.24) is 10.4 Å². The molecule has 2 aliphatic carbocycles. The Hall–Kier alpha value is -2.05. The van der Waals surface area contributed by atoms with E-state index in [-0.39, 0.29) is 41.2 Å². The van der Waals surface area contributed by atoms with Crippen molar-refractivity contribution in [3.8, 4) is 5.75 Å². The van der Waals surface area contributed by atoms with Crippen molar-refractivity contribution in [3.63, 3.8) is 0 Å². The average molecular weight is 451 g/mol. The van der Waals surface area contributed by atoms with Crippen molar-refractivity contribution in [2.75, 3.05) is 0 Å². The highest BCUT2D eigenvalue weighted by atomic mass is 35.5. The number of hydrazine groups is 1. The van der Waals surface area contributed by atoms with Crippen LogP contribution in [-0.4, -0.2) is 28.8 Å². The van der Waals surface area contributed by atoms with Crippen molar-refractivity contribution in [1.29, 1.82) is 0 Å². The molecule has 2 bridgehead atoms. The van der Waals surface area contributed by atoms with Crippen LogP contribution in [0.2, 0.25) is 10.0 Å². The summed E-state index contributed by atoms with van der Waals surface area (Å²) in [5, 5.41) is 1.66. The van der Waals surface area contributed by atoms with Crippen molar-refractivity contribution in [2.24, 2.45) is 23.7 Å². The van der Waals surface area contributed by atoms with E-state index in [1.165, 1.54) is 17.2 Å². The Morgan fingerprint density at radius 1 is 1.17 bits per heavy atom. The third-order valence-electron chi connectivity index (χ3n) is 6.48. The second-order valence-corrected chi connectivity index (χ2v) is 9.22. The summed E-state index contributed by atoms with van der Waals surface area (Å²) in [4.78, 5) is 38.9. The SMILES string of the molecule is CC[C@@H](Oc1cc(Cl)ccc1Cl)C(=O)NN1C(=O)[C@@H]2[C@H](C1=O)[C@@H]1CC[C@H]2C1=C(C)C. The molecule has 1 aliphatic heterocycles. The molecule has 2 saturated carbocycles. The number of rotatable bonds is 5. The molecule has 30 heavy (non-hydrogen) atoms. The Morgan fingerprint density at radius 3 is 2.30 bits per heavy atom. The highest BCUT2D eigenvalue weighted by molar-refractivity contribution is 6.34. The number of amides is 3. The van der Waals surface area contributed by atoms with E-state index in [4.69, 9.17) is 27.9 Å². The van der Waals surface area contributed by atoms with E-state index in [9.17, 15) is 14.4 Å². The summed E-state index contributed by atoms with van der Waals surface area (Å²) in [6.45, 7) is 5.85. The van der Waals surface area contributed by atoms with Gasteiger partial charge in [0, 0.05) is 11.1 Å². The topological polar surface area (TPSA) is 75.7 Å². The maximum atomic E-state index is 13.0. The monoisotopic (exact) mass is 450 g/mol. The van der Waals surface area contributed by atoms with Gasteiger partial charge in [0.25, 0.3) is 17.7 Å². The Balaban J connectivity index is 1.50. The molecule has 1 saturated heterocycles. The van der Waals surface area contributed by atoms with Crippen LogP contribution in [0.5, 0.6) is 5.75 Å². The average Bonchev–Trinajstić information content (AvgIpc) is 3.34. The van der Waals surface area contributed by atoms with Gasteiger partial charge in [-0.25, -0.2) is 0 Å². The van der Waals surface area contributed by atoms with Crippen LogP contribution in [0.25, 0.3) is 0 Å². The molecule has 1 aromatic carbocycles. The molecule has 1 N–H and O–H groups in total. The molecule has 3 aliphatic rings. The van der Waals surface area contributed by atoms with Gasteiger partial charge in [-0.2, -0.15) is 5.01 Å². The first kappa shape index (κ1) is 21.2. The van der Waals surface area contributed by atoms with Crippen molar-refractivity contribution < 1.29 is 19.1 Å². The van der Waals surface area contributed by atoms with Crippen LogP contribution in [0.1, 0.15) is 40.0 Å². The molecule has 0 radical (unpaired) electrons. The van der Waals surface area contributed by atoms with E-state index in [0.717, 1.165) is 17.9 Å². The first-order valence-corrected chi connectivity index (χ1v) is 11.0. The predicted octanol–water partition coefficient (Wildman–Crippen LogP) is 4.16. The van der Waals surface area contributed by atoms with Gasteiger partial charge in [0.1, 0.15) is 5.75 Å². The molecule has 3 amide bonds. The Kier molecular flexibility index (Phi) is 5.58. The van der Waals surface area contributed by atoms with Crippen molar-refractivity contribution >= 4 is 40.9 Å². The zero-order valence-electron chi connectivity index (χ0n) is 17.1. The number of carbonyl (C=O) groups is 3. The van der Waals surface area contributed by atoms with Crippen molar-refractivity contribution in [2.45, 2.75) is 46.1 Å². The van der Waals surface area contributed by atoms with Crippen molar-refractivity contribution in [3.05, 3.63) is 39.4 Å². The normalized spacial score (nSPS) is 28.0. The fraction of sp³-hybridized carbons (Fsp3) is 0.500. The van der Waals surface area contributed by atoms with Crippen LogP contribution < -0.4 is 10.2 Å². The first-order valence-electron chi connectivity index (χ1n) is 10.2. The molecule has 0 unspecified atom stereocenters.